The van der Waals surface area contributed by atoms with Crippen molar-refractivity contribution in [2.24, 2.45) is 0 Å². The Hall–Kier alpha value is -1.74. The number of aryl methyl sites for hydroxylation is 1. The average Bonchev–Trinajstić information content (AvgIpc) is 2.28. The summed E-state index contributed by atoms with van der Waals surface area (Å²) in [5.74, 6) is -0.324. The molecule has 2 nitrogen and oxygen atoms in total. The van der Waals surface area contributed by atoms with Crippen LogP contribution in [0.3, 0.4) is 0 Å². The molecule has 0 amide bonds. The number of halogens is 2. The van der Waals surface area contributed by atoms with E-state index >= 15 is 0 Å². The fourth-order valence-corrected chi connectivity index (χ4v) is 1.69. The highest BCUT2D eigenvalue weighted by molar-refractivity contribution is 6.31. The van der Waals surface area contributed by atoms with Gasteiger partial charge in [0.25, 0.3) is 0 Å². The molecule has 3 N–H and O–H groups in total. The van der Waals surface area contributed by atoms with Gasteiger partial charge >= 0.3 is 0 Å². The van der Waals surface area contributed by atoms with Crippen molar-refractivity contribution < 1.29 is 4.39 Å². The first kappa shape index (κ1) is 11.7. The van der Waals surface area contributed by atoms with Crippen LogP contribution >= 0.6 is 11.6 Å². The number of nitrogens with one attached hydrogen (secondary N) is 1. The van der Waals surface area contributed by atoms with Gasteiger partial charge in [-0.3, -0.25) is 0 Å². The molecule has 2 aromatic carbocycles. The molecule has 0 aromatic heterocycles. The summed E-state index contributed by atoms with van der Waals surface area (Å²) in [4.78, 5) is 0. The van der Waals surface area contributed by atoms with Crippen molar-refractivity contribution in [3.63, 3.8) is 0 Å². The third-order valence-electron chi connectivity index (χ3n) is 2.41. The van der Waals surface area contributed by atoms with E-state index in [9.17, 15) is 4.39 Å². The Labute approximate surface area is 104 Å². The van der Waals surface area contributed by atoms with Crippen LogP contribution in [-0.2, 0) is 0 Å². The third kappa shape index (κ3) is 2.68. The monoisotopic (exact) mass is 250 g/mol. The van der Waals surface area contributed by atoms with E-state index in [4.69, 9.17) is 17.3 Å². The van der Waals surface area contributed by atoms with Crippen molar-refractivity contribution in [3.05, 3.63) is 52.8 Å². The molecule has 0 saturated heterocycles. The molecule has 0 atom stereocenters. The van der Waals surface area contributed by atoms with Crippen LogP contribution in [0.25, 0.3) is 0 Å². The van der Waals surface area contributed by atoms with Crippen LogP contribution in [0.2, 0.25) is 5.02 Å². The molecule has 2 aromatic rings. The summed E-state index contributed by atoms with van der Waals surface area (Å²) in [7, 11) is 0. The predicted molar refractivity (Wildman–Crippen MR) is 70.3 cm³/mol. The number of hydrogen-bond acceptors (Lipinski definition) is 2. The normalized spacial score (nSPS) is 10.3. The summed E-state index contributed by atoms with van der Waals surface area (Å²) in [5, 5.41) is 3.49. The van der Waals surface area contributed by atoms with E-state index in [-0.39, 0.29) is 5.82 Å². The first-order chi connectivity index (χ1) is 8.06. The lowest BCUT2D eigenvalue weighted by atomic mass is 10.2. The van der Waals surface area contributed by atoms with Gasteiger partial charge in [0.15, 0.2) is 0 Å². The van der Waals surface area contributed by atoms with Gasteiger partial charge in [-0.1, -0.05) is 17.7 Å². The molecule has 0 radical (unpaired) electrons. The van der Waals surface area contributed by atoms with Crippen molar-refractivity contribution in [2.45, 2.75) is 6.92 Å². The van der Waals surface area contributed by atoms with Gasteiger partial charge in [-0.05, 0) is 42.8 Å². The molecule has 0 heterocycles. The number of nitrogen functional groups attached to an aromatic ring is 1. The van der Waals surface area contributed by atoms with Gasteiger partial charge in [0.1, 0.15) is 5.82 Å². The lowest BCUT2D eigenvalue weighted by Gasteiger charge is -2.11. The first-order valence-electron chi connectivity index (χ1n) is 5.14. The second-order valence-electron chi connectivity index (χ2n) is 3.84. The summed E-state index contributed by atoms with van der Waals surface area (Å²) in [6.45, 7) is 1.89. The Balaban J connectivity index is 2.37. The molecule has 0 aliphatic carbocycles. The van der Waals surface area contributed by atoms with Crippen LogP contribution in [0, 0.1) is 12.7 Å². The van der Waals surface area contributed by atoms with E-state index in [0.717, 1.165) is 5.56 Å². The highest BCUT2D eigenvalue weighted by atomic mass is 35.5. The largest absolute Gasteiger partial charge is 0.397 e. The Kier molecular flexibility index (Phi) is 3.20. The minimum absolute atomic E-state index is 0.324. The predicted octanol–water partition coefficient (Wildman–Crippen LogP) is 4.11. The number of anilines is 3. The molecule has 0 aliphatic heterocycles. The van der Waals surface area contributed by atoms with E-state index in [0.29, 0.717) is 22.1 Å². The highest BCUT2D eigenvalue weighted by Crippen LogP contribution is 2.28. The molecule has 0 spiro atoms. The van der Waals surface area contributed by atoms with Gasteiger partial charge < -0.3 is 11.1 Å². The van der Waals surface area contributed by atoms with Crippen LogP contribution < -0.4 is 11.1 Å². The maximum Gasteiger partial charge on any atom is 0.146 e. The minimum Gasteiger partial charge on any atom is -0.397 e. The van der Waals surface area contributed by atoms with Gasteiger partial charge in [0.2, 0.25) is 0 Å². The first-order valence-corrected chi connectivity index (χ1v) is 5.52. The van der Waals surface area contributed by atoms with Crippen LogP contribution in [0.4, 0.5) is 21.5 Å². The summed E-state index contributed by atoms with van der Waals surface area (Å²) < 4.78 is 13.6. The van der Waals surface area contributed by atoms with Crippen molar-refractivity contribution >= 4 is 28.7 Å². The van der Waals surface area contributed by atoms with Crippen LogP contribution in [0.1, 0.15) is 5.56 Å². The van der Waals surface area contributed by atoms with Crippen molar-refractivity contribution in [2.75, 3.05) is 11.1 Å². The highest BCUT2D eigenvalue weighted by Gasteiger charge is 2.05. The summed E-state index contributed by atoms with van der Waals surface area (Å²) in [5.41, 5.74) is 8.26. The number of nitrogens with two attached hydrogens (primary N) is 1. The molecule has 0 aliphatic rings. The number of benzene rings is 2. The lowest BCUT2D eigenvalue weighted by molar-refractivity contribution is 0.631. The molecule has 0 fully saturated rings. The molecule has 0 unspecified atom stereocenters. The maximum absolute atomic E-state index is 13.6. The fourth-order valence-electron chi connectivity index (χ4n) is 1.52. The van der Waals surface area contributed by atoms with E-state index in [1.54, 1.807) is 30.3 Å². The van der Waals surface area contributed by atoms with E-state index < -0.39 is 0 Å². The van der Waals surface area contributed by atoms with E-state index in [1.165, 1.54) is 6.07 Å². The van der Waals surface area contributed by atoms with Crippen molar-refractivity contribution in [3.8, 4) is 0 Å². The fraction of sp³-hybridized carbons (Fsp3) is 0.0769. The summed E-state index contributed by atoms with van der Waals surface area (Å²) in [6.07, 6.45) is 0. The number of hydrogen-bond donors (Lipinski definition) is 2. The SMILES string of the molecule is Cc1ccc(F)c(Nc2cc(Cl)ccc2N)c1. The summed E-state index contributed by atoms with van der Waals surface area (Å²) >= 11 is 5.86. The topological polar surface area (TPSA) is 38.0 Å². The minimum atomic E-state index is -0.324. The molecule has 17 heavy (non-hydrogen) atoms. The zero-order valence-corrected chi connectivity index (χ0v) is 10.1. The van der Waals surface area contributed by atoms with Crippen LogP contribution in [-0.4, -0.2) is 0 Å². The smallest absolute Gasteiger partial charge is 0.146 e. The number of rotatable bonds is 2. The zero-order chi connectivity index (χ0) is 12.4. The Morgan fingerprint density at radius 3 is 2.65 bits per heavy atom. The van der Waals surface area contributed by atoms with Gasteiger partial charge in [0.05, 0.1) is 17.1 Å². The molecule has 2 rings (SSSR count). The van der Waals surface area contributed by atoms with E-state index in [2.05, 4.69) is 5.32 Å². The molecule has 88 valence electrons. The van der Waals surface area contributed by atoms with Crippen LogP contribution in [0.15, 0.2) is 36.4 Å². The second kappa shape index (κ2) is 4.63. The molecular weight excluding hydrogens is 239 g/mol. The molecule has 0 bridgehead atoms. The van der Waals surface area contributed by atoms with Crippen molar-refractivity contribution in [1.29, 1.82) is 0 Å². The maximum atomic E-state index is 13.6. The van der Waals surface area contributed by atoms with Gasteiger partial charge in [-0.15, -0.1) is 0 Å². The van der Waals surface area contributed by atoms with E-state index in [1.807, 2.05) is 6.92 Å². The molecule has 4 heteroatoms. The van der Waals surface area contributed by atoms with Gasteiger partial charge in [-0.2, -0.15) is 0 Å². The van der Waals surface area contributed by atoms with Crippen molar-refractivity contribution in [1.82, 2.24) is 0 Å². The lowest BCUT2D eigenvalue weighted by Crippen LogP contribution is -1.98. The summed E-state index contributed by atoms with van der Waals surface area (Å²) in [6, 6.07) is 9.88. The third-order valence-corrected chi connectivity index (χ3v) is 2.64. The quantitative estimate of drug-likeness (QED) is 0.787. The Morgan fingerprint density at radius 2 is 1.88 bits per heavy atom. The zero-order valence-electron chi connectivity index (χ0n) is 9.30. The molecular formula is C13H12ClFN2. The van der Waals surface area contributed by atoms with Gasteiger partial charge in [0, 0.05) is 5.02 Å². The standard InChI is InChI=1S/C13H12ClFN2/c1-8-2-4-10(15)12(6-8)17-13-7-9(14)3-5-11(13)16/h2-7,17H,16H2,1H3. The molecule has 0 saturated carbocycles. The van der Waals surface area contributed by atoms with Gasteiger partial charge in [-0.25, -0.2) is 4.39 Å². The van der Waals surface area contributed by atoms with Crippen LogP contribution in [0.5, 0.6) is 0 Å². The Bertz CT molecular complexity index is 506. The Morgan fingerprint density at radius 1 is 1.12 bits per heavy atom. The second-order valence-corrected chi connectivity index (χ2v) is 4.28. The average molecular weight is 251 g/mol.